The quantitative estimate of drug-likeness (QED) is 0.580. The first kappa shape index (κ1) is 13.1. The fourth-order valence-corrected chi connectivity index (χ4v) is 1.14. The molecule has 0 amide bonds. The van der Waals surface area contributed by atoms with Crippen LogP contribution in [0, 0.1) is 0 Å². The van der Waals surface area contributed by atoms with Crippen molar-refractivity contribution in [3.05, 3.63) is 36.4 Å². The molecule has 1 aromatic rings. The molecule has 92 valence electrons. The lowest BCUT2D eigenvalue weighted by molar-refractivity contribution is 0.0505. The summed E-state index contributed by atoms with van der Waals surface area (Å²) in [6, 6.07) is 4.42. The zero-order valence-corrected chi connectivity index (χ0v) is 9.51. The van der Waals surface area contributed by atoms with Gasteiger partial charge in [0.2, 0.25) is 0 Å². The summed E-state index contributed by atoms with van der Waals surface area (Å²) in [5.41, 5.74) is 0.0951. The van der Waals surface area contributed by atoms with Gasteiger partial charge in [0.15, 0.2) is 6.79 Å². The van der Waals surface area contributed by atoms with E-state index in [1.807, 2.05) is 0 Å². The summed E-state index contributed by atoms with van der Waals surface area (Å²) >= 11 is 0. The van der Waals surface area contributed by atoms with Crippen LogP contribution < -0.4 is 9.47 Å². The highest BCUT2D eigenvalue weighted by molar-refractivity contribution is 5.88. The minimum atomic E-state index is -1.05. The number of aromatic carboxylic acids is 1. The van der Waals surface area contributed by atoms with Crippen molar-refractivity contribution in [2.75, 3.05) is 20.5 Å². The molecule has 0 aliphatic rings. The Labute approximate surface area is 99.2 Å². The molecular formula is C12H14O5. The maximum atomic E-state index is 10.9. The number of benzene rings is 1. The van der Waals surface area contributed by atoms with Gasteiger partial charge in [0.05, 0.1) is 5.56 Å². The van der Waals surface area contributed by atoms with Gasteiger partial charge in [-0.3, -0.25) is 0 Å². The molecule has 0 fully saturated rings. The maximum Gasteiger partial charge on any atom is 0.335 e. The van der Waals surface area contributed by atoms with Gasteiger partial charge >= 0.3 is 5.97 Å². The molecule has 0 aromatic heterocycles. The van der Waals surface area contributed by atoms with Crippen molar-refractivity contribution in [3.8, 4) is 11.5 Å². The summed E-state index contributed by atoms with van der Waals surface area (Å²) in [5, 5.41) is 8.92. The molecule has 0 bridgehead atoms. The fraction of sp³-hybridized carbons (Fsp3) is 0.250. The zero-order chi connectivity index (χ0) is 12.7. The average Bonchev–Trinajstić information content (AvgIpc) is 2.33. The van der Waals surface area contributed by atoms with Gasteiger partial charge in [-0.05, 0) is 12.1 Å². The normalized spacial score (nSPS) is 9.71. The molecule has 0 saturated carbocycles. The first-order valence-corrected chi connectivity index (χ1v) is 4.91. The Bertz CT molecular complexity index is 400. The van der Waals surface area contributed by atoms with Crippen LogP contribution in [0.3, 0.4) is 0 Å². The maximum absolute atomic E-state index is 10.9. The van der Waals surface area contributed by atoms with E-state index in [1.54, 1.807) is 12.1 Å². The smallest absolute Gasteiger partial charge is 0.335 e. The topological polar surface area (TPSA) is 65.0 Å². The van der Waals surface area contributed by atoms with Crippen LogP contribution in [0.2, 0.25) is 0 Å². The largest absolute Gasteiger partial charge is 0.489 e. The molecule has 1 N–H and O–H groups in total. The van der Waals surface area contributed by atoms with Crippen molar-refractivity contribution in [3.63, 3.8) is 0 Å². The van der Waals surface area contributed by atoms with E-state index in [4.69, 9.17) is 19.3 Å². The van der Waals surface area contributed by atoms with Gasteiger partial charge < -0.3 is 19.3 Å². The van der Waals surface area contributed by atoms with Crippen molar-refractivity contribution in [1.29, 1.82) is 0 Å². The lowest BCUT2D eigenvalue weighted by Gasteiger charge is -2.09. The first-order chi connectivity index (χ1) is 8.17. The average molecular weight is 238 g/mol. The van der Waals surface area contributed by atoms with Crippen LogP contribution in [0.25, 0.3) is 0 Å². The molecule has 0 heterocycles. The Morgan fingerprint density at radius 2 is 2.00 bits per heavy atom. The van der Waals surface area contributed by atoms with Crippen LogP contribution in [-0.2, 0) is 4.74 Å². The molecule has 0 saturated heterocycles. The van der Waals surface area contributed by atoms with Gasteiger partial charge in [0, 0.05) is 13.2 Å². The number of ether oxygens (including phenoxy) is 3. The number of carboxylic acid groups (broad SMARTS) is 1. The molecule has 0 spiro atoms. The Hall–Kier alpha value is -2.01. The number of methoxy groups -OCH3 is 1. The van der Waals surface area contributed by atoms with Crippen LogP contribution in [0.15, 0.2) is 30.9 Å². The van der Waals surface area contributed by atoms with Crippen LogP contribution >= 0.6 is 0 Å². The van der Waals surface area contributed by atoms with Gasteiger partial charge in [-0.2, -0.15) is 0 Å². The van der Waals surface area contributed by atoms with Gasteiger partial charge in [-0.15, -0.1) is 0 Å². The van der Waals surface area contributed by atoms with Gasteiger partial charge in [-0.25, -0.2) is 4.79 Å². The lowest BCUT2D eigenvalue weighted by atomic mass is 10.2. The third-order valence-corrected chi connectivity index (χ3v) is 1.84. The number of carbonyl (C=O) groups is 1. The third kappa shape index (κ3) is 4.16. The van der Waals surface area contributed by atoms with Gasteiger partial charge in [-0.1, -0.05) is 12.7 Å². The second kappa shape index (κ2) is 6.55. The highest BCUT2D eigenvalue weighted by Gasteiger charge is 2.08. The second-order valence-corrected chi connectivity index (χ2v) is 3.15. The van der Waals surface area contributed by atoms with Crippen molar-refractivity contribution >= 4 is 5.97 Å². The Balaban J connectivity index is 2.91. The van der Waals surface area contributed by atoms with Crippen LogP contribution in [0.1, 0.15) is 10.4 Å². The highest BCUT2D eigenvalue weighted by atomic mass is 16.7. The van der Waals surface area contributed by atoms with E-state index in [0.29, 0.717) is 18.1 Å². The monoisotopic (exact) mass is 238 g/mol. The molecule has 17 heavy (non-hydrogen) atoms. The molecule has 1 aromatic carbocycles. The first-order valence-electron chi connectivity index (χ1n) is 4.91. The van der Waals surface area contributed by atoms with E-state index in [9.17, 15) is 4.79 Å². The highest BCUT2D eigenvalue weighted by Crippen LogP contribution is 2.23. The molecule has 5 heteroatoms. The molecule has 1 rings (SSSR count). The molecule has 5 nitrogen and oxygen atoms in total. The van der Waals surface area contributed by atoms with Crippen LogP contribution in [0.4, 0.5) is 0 Å². The number of rotatable bonds is 7. The third-order valence-electron chi connectivity index (χ3n) is 1.84. The summed E-state index contributed by atoms with van der Waals surface area (Å²) in [6.45, 7) is 3.86. The molecule has 0 unspecified atom stereocenters. The van der Waals surface area contributed by atoms with Crippen molar-refractivity contribution in [2.45, 2.75) is 0 Å². The van der Waals surface area contributed by atoms with Gasteiger partial charge in [0.25, 0.3) is 0 Å². The minimum absolute atomic E-state index is 0.0456. The summed E-state index contributed by atoms with van der Waals surface area (Å²) < 4.78 is 15.2. The van der Waals surface area contributed by atoms with E-state index >= 15 is 0 Å². The molecule has 0 aliphatic carbocycles. The van der Waals surface area contributed by atoms with E-state index < -0.39 is 5.97 Å². The van der Waals surface area contributed by atoms with E-state index in [1.165, 1.54) is 19.2 Å². The Kier molecular flexibility index (Phi) is 5.03. The van der Waals surface area contributed by atoms with Crippen molar-refractivity contribution in [2.24, 2.45) is 0 Å². The fourth-order valence-electron chi connectivity index (χ4n) is 1.14. The van der Waals surface area contributed by atoms with Gasteiger partial charge in [0.1, 0.15) is 18.1 Å². The predicted molar refractivity (Wildman–Crippen MR) is 61.6 cm³/mol. The SMILES string of the molecule is C=CCOc1cc(OCOC)cc(C(=O)O)c1. The lowest BCUT2D eigenvalue weighted by Crippen LogP contribution is -2.03. The van der Waals surface area contributed by atoms with E-state index in [-0.39, 0.29) is 12.4 Å². The molecule has 0 aliphatic heterocycles. The minimum Gasteiger partial charge on any atom is -0.489 e. The molecular weight excluding hydrogens is 224 g/mol. The summed E-state index contributed by atoms with van der Waals surface area (Å²) in [7, 11) is 1.48. The Morgan fingerprint density at radius 3 is 2.53 bits per heavy atom. The van der Waals surface area contributed by atoms with Crippen molar-refractivity contribution < 1.29 is 24.1 Å². The number of hydrogen-bond acceptors (Lipinski definition) is 4. The number of hydrogen-bond donors (Lipinski definition) is 1. The molecule has 0 atom stereocenters. The zero-order valence-electron chi connectivity index (χ0n) is 9.51. The summed E-state index contributed by atoms with van der Waals surface area (Å²) in [5.74, 6) is -0.252. The van der Waals surface area contributed by atoms with E-state index in [0.717, 1.165) is 0 Å². The van der Waals surface area contributed by atoms with Crippen molar-refractivity contribution in [1.82, 2.24) is 0 Å². The summed E-state index contributed by atoms with van der Waals surface area (Å²) in [4.78, 5) is 10.9. The van der Waals surface area contributed by atoms with Crippen LogP contribution in [-0.4, -0.2) is 31.6 Å². The standard InChI is InChI=1S/C12H14O5/c1-3-4-16-10-5-9(12(13)14)6-11(7-10)17-8-15-2/h3,5-7H,1,4,8H2,2H3,(H,13,14). The number of carboxylic acids is 1. The summed E-state index contributed by atoms with van der Waals surface area (Å²) in [6.07, 6.45) is 1.57. The molecule has 0 radical (unpaired) electrons. The second-order valence-electron chi connectivity index (χ2n) is 3.15. The Morgan fingerprint density at radius 1 is 1.35 bits per heavy atom. The van der Waals surface area contributed by atoms with Crippen LogP contribution in [0.5, 0.6) is 11.5 Å². The van der Waals surface area contributed by atoms with E-state index in [2.05, 4.69) is 6.58 Å². The predicted octanol–water partition coefficient (Wildman–Crippen LogP) is 1.93.